The number of aromatic amines is 1. The number of H-pyrrole nitrogens is 1. The lowest BCUT2D eigenvalue weighted by atomic mass is 9.81. The third-order valence-corrected chi connectivity index (χ3v) is 5.90. The zero-order valence-electron chi connectivity index (χ0n) is 18.3. The van der Waals surface area contributed by atoms with Crippen molar-refractivity contribution in [2.45, 2.75) is 64.4 Å². The summed E-state index contributed by atoms with van der Waals surface area (Å²) in [5.41, 5.74) is 3.71. The van der Waals surface area contributed by atoms with Gasteiger partial charge in [-0.15, -0.1) is 0 Å². The van der Waals surface area contributed by atoms with Gasteiger partial charge < -0.3 is 9.72 Å². The Morgan fingerprint density at radius 1 is 1.10 bits per heavy atom. The molecule has 0 atom stereocenters. The topological polar surface area (TPSA) is 59.2 Å². The molecular formula is C26H28FNO3. The van der Waals surface area contributed by atoms with E-state index in [0.717, 1.165) is 47.8 Å². The summed E-state index contributed by atoms with van der Waals surface area (Å²) >= 11 is 0. The molecule has 1 saturated carbocycles. The van der Waals surface area contributed by atoms with E-state index < -0.39 is 11.4 Å². The van der Waals surface area contributed by atoms with E-state index >= 15 is 0 Å². The fraction of sp³-hybridized carbons (Fsp3) is 0.385. The summed E-state index contributed by atoms with van der Waals surface area (Å²) in [4.78, 5) is 27.7. The molecule has 1 aliphatic carbocycles. The second-order valence-electron chi connectivity index (χ2n) is 9.36. The average molecular weight is 422 g/mol. The highest BCUT2D eigenvalue weighted by Gasteiger charge is 2.26. The minimum absolute atomic E-state index is 0.316. The summed E-state index contributed by atoms with van der Waals surface area (Å²) in [6.45, 7) is 5.52. The Morgan fingerprint density at radius 2 is 1.84 bits per heavy atom. The van der Waals surface area contributed by atoms with E-state index in [0.29, 0.717) is 28.9 Å². The van der Waals surface area contributed by atoms with Gasteiger partial charge in [-0.2, -0.15) is 0 Å². The predicted molar refractivity (Wildman–Crippen MR) is 120 cm³/mol. The monoisotopic (exact) mass is 421 g/mol. The standard InChI is InChI=1S/C26H28FNO3/c1-26(2,3)31-25(30)17-9-11-21-22(14-17)28-24(23(21)16-7-5-4-6-8-16)20-12-10-19(27)13-18(20)15-29/h9-16,28H,4-8H2,1-3H3. The Bertz CT molecular complexity index is 1130. The smallest absolute Gasteiger partial charge is 0.338 e. The third-order valence-electron chi connectivity index (χ3n) is 5.90. The summed E-state index contributed by atoms with van der Waals surface area (Å²) in [5.74, 6) is -0.456. The second-order valence-corrected chi connectivity index (χ2v) is 9.36. The van der Waals surface area contributed by atoms with Crippen molar-refractivity contribution in [2.24, 2.45) is 0 Å². The van der Waals surface area contributed by atoms with E-state index in [1.165, 1.54) is 18.6 Å². The maximum Gasteiger partial charge on any atom is 0.338 e. The number of hydrogen-bond donors (Lipinski definition) is 1. The molecule has 1 aliphatic rings. The fourth-order valence-corrected chi connectivity index (χ4v) is 4.57. The molecule has 162 valence electrons. The first-order chi connectivity index (χ1) is 14.8. The number of esters is 1. The molecule has 0 saturated heterocycles. The molecule has 1 aromatic heterocycles. The highest BCUT2D eigenvalue weighted by molar-refractivity contribution is 5.99. The Morgan fingerprint density at radius 3 is 2.52 bits per heavy atom. The first-order valence-electron chi connectivity index (χ1n) is 10.9. The number of aldehydes is 1. The van der Waals surface area contributed by atoms with Crippen LogP contribution in [0.15, 0.2) is 36.4 Å². The Balaban J connectivity index is 1.88. The molecule has 1 fully saturated rings. The van der Waals surface area contributed by atoms with Crippen molar-refractivity contribution < 1.29 is 18.7 Å². The molecule has 5 heteroatoms. The van der Waals surface area contributed by atoms with Crippen LogP contribution in [0.1, 0.15) is 85.1 Å². The first kappa shape index (κ1) is 21.3. The highest BCUT2D eigenvalue weighted by Crippen LogP contribution is 2.43. The number of ether oxygens (including phenoxy) is 1. The van der Waals surface area contributed by atoms with Gasteiger partial charge in [-0.1, -0.05) is 25.3 Å². The second kappa shape index (κ2) is 8.29. The number of fused-ring (bicyclic) bond motifs is 1. The normalized spacial score (nSPS) is 15.2. The lowest BCUT2D eigenvalue weighted by Crippen LogP contribution is -2.23. The van der Waals surface area contributed by atoms with Crippen molar-refractivity contribution in [3.8, 4) is 11.3 Å². The van der Waals surface area contributed by atoms with Crippen LogP contribution < -0.4 is 0 Å². The fourth-order valence-electron chi connectivity index (χ4n) is 4.57. The minimum atomic E-state index is -0.576. The van der Waals surface area contributed by atoms with Crippen LogP contribution in [0.5, 0.6) is 0 Å². The molecule has 4 rings (SSSR count). The molecule has 0 amide bonds. The Kier molecular flexibility index (Phi) is 5.69. The van der Waals surface area contributed by atoms with Crippen LogP contribution in [-0.4, -0.2) is 22.8 Å². The number of benzene rings is 2. The van der Waals surface area contributed by atoms with Gasteiger partial charge in [-0.05, 0) is 75.4 Å². The molecule has 31 heavy (non-hydrogen) atoms. The van der Waals surface area contributed by atoms with Crippen LogP contribution in [0.4, 0.5) is 4.39 Å². The van der Waals surface area contributed by atoms with Crippen molar-refractivity contribution >= 4 is 23.2 Å². The van der Waals surface area contributed by atoms with Gasteiger partial charge in [0.05, 0.1) is 11.3 Å². The maximum absolute atomic E-state index is 13.8. The summed E-state index contributed by atoms with van der Waals surface area (Å²) in [5, 5.41) is 1.04. The van der Waals surface area contributed by atoms with Crippen molar-refractivity contribution in [3.63, 3.8) is 0 Å². The highest BCUT2D eigenvalue weighted by atomic mass is 19.1. The number of halogens is 1. The van der Waals surface area contributed by atoms with Crippen LogP contribution in [0.3, 0.4) is 0 Å². The van der Waals surface area contributed by atoms with Gasteiger partial charge in [0.1, 0.15) is 11.4 Å². The quantitative estimate of drug-likeness (QED) is 0.373. The van der Waals surface area contributed by atoms with Gasteiger partial charge in [0.15, 0.2) is 6.29 Å². The molecule has 4 nitrogen and oxygen atoms in total. The largest absolute Gasteiger partial charge is 0.456 e. The van der Waals surface area contributed by atoms with E-state index in [9.17, 15) is 14.0 Å². The average Bonchev–Trinajstić information content (AvgIpc) is 3.11. The molecule has 2 aromatic carbocycles. The van der Waals surface area contributed by atoms with Crippen LogP contribution >= 0.6 is 0 Å². The van der Waals surface area contributed by atoms with Crippen molar-refractivity contribution in [1.82, 2.24) is 4.98 Å². The van der Waals surface area contributed by atoms with E-state index in [1.54, 1.807) is 12.1 Å². The van der Waals surface area contributed by atoms with E-state index in [-0.39, 0.29) is 5.97 Å². The van der Waals surface area contributed by atoms with Gasteiger partial charge in [0, 0.05) is 22.0 Å². The SMILES string of the molecule is CC(C)(C)OC(=O)c1ccc2c(C3CCCCC3)c(-c3ccc(F)cc3C=O)[nH]c2c1. The zero-order chi connectivity index (χ0) is 22.2. The number of nitrogens with one attached hydrogen (secondary N) is 1. The molecule has 0 radical (unpaired) electrons. The Labute approximate surface area is 181 Å². The number of rotatable bonds is 4. The maximum atomic E-state index is 13.8. The lowest BCUT2D eigenvalue weighted by molar-refractivity contribution is 0.00696. The van der Waals surface area contributed by atoms with Crippen LogP contribution in [0, 0.1) is 5.82 Å². The number of carbonyl (C=O) groups excluding carboxylic acids is 2. The predicted octanol–water partition coefficient (Wildman–Crippen LogP) is 6.79. The van der Waals surface area contributed by atoms with Gasteiger partial charge in [0.25, 0.3) is 0 Å². The van der Waals surface area contributed by atoms with Gasteiger partial charge in [0.2, 0.25) is 0 Å². The molecule has 1 N–H and O–H groups in total. The van der Waals surface area contributed by atoms with Crippen molar-refractivity contribution in [3.05, 3.63) is 58.9 Å². The lowest BCUT2D eigenvalue weighted by Gasteiger charge is -2.23. The molecule has 0 aliphatic heterocycles. The Hall–Kier alpha value is -2.95. The molecule has 3 aromatic rings. The number of hydrogen-bond acceptors (Lipinski definition) is 3. The van der Waals surface area contributed by atoms with E-state index in [4.69, 9.17) is 4.74 Å². The van der Waals surface area contributed by atoms with Crippen molar-refractivity contribution in [2.75, 3.05) is 0 Å². The molecular weight excluding hydrogens is 393 g/mol. The first-order valence-corrected chi connectivity index (χ1v) is 10.9. The van der Waals surface area contributed by atoms with E-state index in [2.05, 4.69) is 4.98 Å². The molecule has 0 unspecified atom stereocenters. The summed E-state index contributed by atoms with van der Waals surface area (Å²) < 4.78 is 19.3. The van der Waals surface area contributed by atoms with Gasteiger partial charge >= 0.3 is 5.97 Å². The summed E-state index contributed by atoms with van der Waals surface area (Å²) in [6, 6.07) is 9.87. The van der Waals surface area contributed by atoms with E-state index in [1.807, 2.05) is 32.9 Å². The third kappa shape index (κ3) is 4.41. The van der Waals surface area contributed by atoms with Gasteiger partial charge in [-0.3, -0.25) is 4.79 Å². The summed E-state index contributed by atoms with van der Waals surface area (Å²) in [7, 11) is 0. The molecule has 0 spiro atoms. The van der Waals surface area contributed by atoms with Crippen molar-refractivity contribution in [1.29, 1.82) is 0 Å². The molecule has 1 heterocycles. The zero-order valence-corrected chi connectivity index (χ0v) is 18.3. The number of aromatic nitrogens is 1. The van der Waals surface area contributed by atoms with Gasteiger partial charge in [-0.25, -0.2) is 9.18 Å². The van der Waals surface area contributed by atoms with Crippen LogP contribution in [0.25, 0.3) is 22.2 Å². The molecule has 0 bridgehead atoms. The number of carbonyl (C=O) groups is 2. The van der Waals surface area contributed by atoms with Crippen LogP contribution in [-0.2, 0) is 4.74 Å². The van der Waals surface area contributed by atoms with Crippen LogP contribution in [0.2, 0.25) is 0 Å². The summed E-state index contributed by atoms with van der Waals surface area (Å²) in [6.07, 6.45) is 6.40. The minimum Gasteiger partial charge on any atom is -0.456 e.